The lowest BCUT2D eigenvalue weighted by molar-refractivity contribution is -0.0497. The van der Waals surface area contributed by atoms with Gasteiger partial charge >= 0.3 is 6.61 Å². The minimum atomic E-state index is -2.77. The highest BCUT2D eigenvalue weighted by Crippen LogP contribution is 2.47. The summed E-state index contributed by atoms with van der Waals surface area (Å²) in [5, 5.41) is 2.07. The number of ether oxygens (including phenoxy) is 1. The molecule has 1 nitrogen and oxygen atoms in total. The Morgan fingerprint density at radius 2 is 1.60 bits per heavy atom. The van der Waals surface area contributed by atoms with E-state index < -0.39 is 6.61 Å². The number of alkyl halides is 2. The average Bonchev–Trinajstić information content (AvgIpc) is 2.60. The molecule has 2 aliphatic rings. The quantitative estimate of drug-likeness (QED) is 0.597. The number of benzene rings is 2. The van der Waals surface area contributed by atoms with Crippen LogP contribution < -0.4 is 4.74 Å². The van der Waals surface area contributed by atoms with Crippen molar-refractivity contribution in [1.82, 2.24) is 0 Å². The van der Waals surface area contributed by atoms with Crippen LogP contribution in [0.15, 0.2) is 36.4 Å². The molecular formula is C22H26F2O. The molecule has 0 N–H and O–H groups in total. The molecule has 0 aromatic heterocycles. The zero-order valence-electron chi connectivity index (χ0n) is 14.8. The van der Waals surface area contributed by atoms with E-state index in [-0.39, 0.29) is 5.75 Å². The Bertz CT molecular complexity index is 742. The molecule has 2 fully saturated rings. The summed E-state index contributed by atoms with van der Waals surface area (Å²) >= 11 is 0. The summed E-state index contributed by atoms with van der Waals surface area (Å²) in [5.74, 6) is 3.62. The highest BCUT2D eigenvalue weighted by atomic mass is 19.3. The maximum Gasteiger partial charge on any atom is 0.387 e. The lowest BCUT2D eigenvalue weighted by Gasteiger charge is -2.41. The molecule has 2 unspecified atom stereocenters. The first-order chi connectivity index (χ1) is 12.1. The second-order valence-electron chi connectivity index (χ2n) is 8.10. The summed E-state index contributed by atoms with van der Waals surface area (Å²) in [5.41, 5.74) is 1.41. The van der Waals surface area contributed by atoms with Crippen LogP contribution in [-0.4, -0.2) is 6.61 Å². The first-order valence-electron chi connectivity index (χ1n) is 9.57. The molecule has 0 spiro atoms. The third kappa shape index (κ3) is 3.65. The van der Waals surface area contributed by atoms with Crippen molar-refractivity contribution in [3.05, 3.63) is 42.0 Å². The van der Waals surface area contributed by atoms with E-state index in [1.807, 2.05) is 6.07 Å². The molecule has 2 aromatic carbocycles. The van der Waals surface area contributed by atoms with Crippen LogP contribution >= 0.6 is 0 Å². The van der Waals surface area contributed by atoms with E-state index in [0.717, 1.165) is 28.5 Å². The van der Waals surface area contributed by atoms with Gasteiger partial charge in [0.25, 0.3) is 0 Å². The number of rotatable bonds is 3. The zero-order chi connectivity index (χ0) is 17.4. The van der Waals surface area contributed by atoms with E-state index in [9.17, 15) is 8.78 Å². The lowest BCUT2D eigenvalue weighted by Crippen LogP contribution is -2.29. The van der Waals surface area contributed by atoms with Gasteiger partial charge in [-0.1, -0.05) is 37.6 Å². The Hall–Kier alpha value is -1.64. The molecule has 25 heavy (non-hydrogen) atoms. The van der Waals surface area contributed by atoms with Crippen LogP contribution in [0.1, 0.15) is 56.9 Å². The Kier molecular flexibility index (Phi) is 4.66. The van der Waals surface area contributed by atoms with Gasteiger partial charge in [0.15, 0.2) is 0 Å². The van der Waals surface area contributed by atoms with Crippen molar-refractivity contribution in [3.8, 4) is 5.75 Å². The summed E-state index contributed by atoms with van der Waals surface area (Å²) in [6.45, 7) is -0.373. The van der Waals surface area contributed by atoms with Crippen LogP contribution in [-0.2, 0) is 0 Å². The standard InChI is InChI=1S/C22H26F2O/c1-14-2-3-16-11-17(5-4-15(16)10-14)18-6-7-20-13-21(25-22(23)24)9-8-19(20)12-18/h6-9,12-17,22H,2-5,10-11H2,1H3/t14-,15?,16-,17?/m1/s1. The zero-order valence-corrected chi connectivity index (χ0v) is 14.8. The van der Waals surface area contributed by atoms with Gasteiger partial charge in [-0.05, 0) is 84.2 Å². The van der Waals surface area contributed by atoms with Gasteiger partial charge in [0.05, 0.1) is 0 Å². The highest BCUT2D eigenvalue weighted by Gasteiger charge is 2.34. The molecule has 0 aliphatic heterocycles. The summed E-state index contributed by atoms with van der Waals surface area (Å²) in [7, 11) is 0. The molecule has 4 rings (SSSR count). The van der Waals surface area contributed by atoms with E-state index in [1.54, 1.807) is 12.1 Å². The van der Waals surface area contributed by atoms with Crippen LogP contribution in [0.5, 0.6) is 5.75 Å². The molecule has 0 radical (unpaired) electrons. The van der Waals surface area contributed by atoms with Crippen molar-refractivity contribution in [2.75, 3.05) is 0 Å². The Morgan fingerprint density at radius 1 is 0.880 bits per heavy atom. The lowest BCUT2D eigenvalue weighted by atomic mass is 9.64. The monoisotopic (exact) mass is 344 g/mol. The van der Waals surface area contributed by atoms with Gasteiger partial charge in [-0.25, -0.2) is 0 Å². The minimum absolute atomic E-state index is 0.229. The average molecular weight is 344 g/mol. The summed E-state index contributed by atoms with van der Waals surface area (Å²) < 4.78 is 29.2. The van der Waals surface area contributed by atoms with Gasteiger partial charge in [0, 0.05) is 0 Å². The van der Waals surface area contributed by atoms with Crippen molar-refractivity contribution >= 4 is 10.8 Å². The van der Waals surface area contributed by atoms with Crippen molar-refractivity contribution in [2.24, 2.45) is 17.8 Å². The summed E-state index contributed by atoms with van der Waals surface area (Å²) in [6.07, 6.45) is 8.16. The van der Waals surface area contributed by atoms with Gasteiger partial charge in [0.1, 0.15) is 5.75 Å². The van der Waals surface area contributed by atoms with Gasteiger partial charge in [0.2, 0.25) is 0 Å². The first-order valence-corrected chi connectivity index (χ1v) is 9.57. The number of hydrogen-bond donors (Lipinski definition) is 0. The van der Waals surface area contributed by atoms with Crippen molar-refractivity contribution in [2.45, 2.75) is 58.0 Å². The molecule has 0 amide bonds. The molecule has 134 valence electrons. The van der Waals surface area contributed by atoms with Crippen LogP contribution in [0.3, 0.4) is 0 Å². The molecule has 0 saturated heterocycles. The molecular weight excluding hydrogens is 318 g/mol. The fourth-order valence-electron chi connectivity index (χ4n) is 5.10. The Balaban J connectivity index is 1.52. The summed E-state index contributed by atoms with van der Waals surface area (Å²) in [4.78, 5) is 0. The number of halogens is 2. The second kappa shape index (κ2) is 6.93. The topological polar surface area (TPSA) is 9.23 Å². The van der Waals surface area contributed by atoms with Gasteiger partial charge < -0.3 is 4.74 Å². The predicted octanol–water partition coefficient (Wildman–Crippen LogP) is 6.76. The van der Waals surface area contributed by atoms with Crippen LogP contribution in [0.4, 0.5) is 8.78 Å². The fraction of sp³-hybridized carbons (Fsp3) is 0.545. The van der Waals surface area contributed by atoms with E-state index in [0.29, 0.717) is 5.92 Å². The largest absolute Gasteiger partial charge is 0.435 e. The van der Waals surface area contributed by atoms with E-state index in [2.05, 4.69) is 29.9 Å². The first kappa shape index (κ1) is 16.8. The van der Waals surface area contributed by atoms with Gasteiger partial charge in [-0.2, -0.15) is 8.78 Å². The predicted molar refractivity (Wildman–Crippen MR) is 97.2 cm³/mol. The van der Waals surface area contributed by atoms with Crippen LogP contribution in [0, 0.1) is 17.8 Å². The maximum absolute atomic E-state index is 12.4. The Labute approximate surface area is 148 Å². The third-order valence-corrected chi connectivity index (χ3v) is 6.41. The minimum Gasteiger partial charge on any atom is -0.435 e. The fourth-order valence-corrected chi connectivity index (χ4v) is 5.10. The van der Waals surface area contributed by atoms with Crippen LogP contribution in [0.2, 0.25) is 0 Å². The van der Waals surface area contributed by atoms with Crippen molar-refractivity contribution in [1.29, 1.82) is 0 Å². The van der Waals surface area contributed by atoms with E-state index >= 15 is 0 Å². The smallest absolute Gasteiger partial charge is 0.387 e. The molecule has 3 heteroatoms. The molecule has 0 bridgehead atoms. The van der Waals surface area contributed by atoms with Gasteiger partial charge in [-0.15, -0.1) is 0 Å². The molecule has 2 saturated carbocycles. The van der Waals surface area contributed by atoms with Crippen molar-refractivity contribution in [3.63, 3.8) is 0 Å². The Morgan fingerprint density at radius 3 is 2.44 bits per heavy atom. The van der Waals surface area contributed by atoms with E-state index in [1.165, 1.54) is 44.1 Å². The van der Waals surface area contributed by atoms with Crippen molar-refractivity contribution < 1.29 is 13.5 Å². The molecule has 4 atom stereocenters. The normalized spacial score (nSPS) is 29.6. The SMILES string of the molecule is C[C@@H]1CC[C@@H]2CC(c3ccc4cc(OC(F)F)ccc4c3)CCC2C1. The van der Waals surface area contributed by atoms with Gasteiger partial charge in [-0.3, -0.25) is 0 Å². The number of hydrogen-bond acceptors (Lipinski definition) is 1. The van der Waals surface area contributed by atoms with Crippen LogP contribution in [0.25, 0.3) is 10.8 Å². The molecule has 0 heterocycles. The molecule has 2 aliphatic carbocycles. The molecule has 2 aromatic rings. The second-order valence-corrected chi connectivity index (χ2v) is 8.10. The highest BCUT2D eigenvalue weighted by molar-refractivity contribution is 5.84. The maximum atomic E-state index is 12.4. The number of fused-ring (bicyclic) bond motifs is 2. The van der Waals surface area contributed by atoms with E-state index in [4.69, 9.17) is 0 Å². The summed E-state index contributed by atoms with van der Waals surface area (Å²) in [6, 6.07) is 11.7. The third-order valence-electron chi connectivity index (χ3n) is 6.41.